The molecule has 0 saturated carbocycles. The summed E-state index contributed by atoms with van der Waals surface area (Å²) in [5.41, 5.74) is 3.16. The molecule has 0 atom stereocenters. The molecule has 0 unspecified atom stereocenters. The van der Waals surface area contributed by atoms with Crippen molar-refractivity contribution < 1.29 is 4.79 Å². The summed E-state index contributed by atoms with van der Waals surface area (Å²) in [5, 5.41) is 14.1. The molecular weight excluding hydrogens is 330 g/mol. The molecule has 3 rings (SSSR count). The Bertz CT molecular complexity index is 903. The second-order valence-corrected chi connectivity index (χ2v) is 7.23. The Labute approximate surface area is 152 Å². The number of benzene rings is 2. The van der Waals surface area contributed by atoms with Gasteiger partial charge in [0.15, 0.2) is 0 Å². The number of thioether (sulfide) groups is 1. The molecule has 0 aliphatic heterocycles. The van der Waals surface area contributed by atoms with E-state index in [4.69, 9.17) is 0 Å². The standard InChI is InChI=1S/C20H21N3OS/c1-13(2)16-10-6-7-14(3)19(16)22-18(24)12-25-20-17-9-5-4-8-15(17)11-21-23-20/h4-11,13H,12H2,1-3H3,(H,22,24). The SMILES string of the molecule is Cc1cccc(C(C)C)c1NC(=O)CSc1nncc2ccccc12. The molecule has 0 saturated heterocycles. The number of aromatic nitrogens is 2. The van der Waals surface area contributed by atoms with Crippen molar-refractivity contribution in [2.75, 3.05) is 11.1 Å². The van der Waals surface area contributed by atoms with Gasteiger partial charge in [-0.3, -0.25) is 4.79 Å². The molecule has 1 heterocycles. The van der Waals surface area contributed by atoms with Crippen molar-refractivity contribution in [3.8, 4) is 0 Å². The van der Waals surface area contributed by atoms with Crippen molar-refractivity contribution in [3.05, 3.63) is 59.8 Å². The van der Waals surface area contributed by atoms with Crippen LogP contribution in [0.15, 0.2) is 53.7 Å². The minimum Gasteiger partial charge on any atom is -0.325 e. The minimum absolute atomic E-state index is 0.0315. The van der Waals surface area contributed by atoms with Gasteiger partial charge < -0.3 is 5.32 Å². The fraction of sp³-hybridized carbons (Fsp3) is 0.250. The number of nitrogens with one attached hydrogen (secondary N) is 1. The highest BCUT2D eigenvalue weighted by molar-refractivity contribution is 8.00. The average Bonchev–Trinajstić information content (AvgIpc) is 2.61. The number of rotatable bonds is 5. The van der Waals surface area contributed by atoms with Gasteiger partial charge in [-0.15, -0.1) is 5.10 Å². The first-order valence-corrected chi connectivity index (χ1v) is 9.27. The number of hydrogen-bond donors (Lipinski definition) is 1. The fourth-order valence-electron chi connectivity index (χ4n) is 2.76. The third-order valence-corrected chi connectivity index (χ3v) is 5.05. The van der Waals surface area contributed by atoms with Crippen LogP contribution in [0.3, 0.4) is 0 Å². The molecule has 128 valence electrons. The lowest BCUT2D eigenvalue weighted by Crippen LogP contribution is -2.16. The molecule has 0 aliphatic rings. The van der Waals surface area contributed by atoms with Gasteiger partial charge in [-0.1, -0.05) is 68.1 Å². The smallest absolute Gasteiger partial charge is 0.234 e. The lowest BCUT2D eigenvalue weighted by molar-refractivity contribution is -0.113. The molecule has 25 heavy (non-hydrogen) atoms. The van der Waals surface area contributed by atoms with E-state index >= 15 is 0 Å². The zero-order valence-corrected chi connectivity index (χ0v) is 15.4. The molecule has 0 bridgehead atoms. The summed E-state index contributed by atoms with van der Waals surface area (Å²) in [6.07, 6.45) is 1.74. The van der Waals surface area contributed by atoms with Gasteiger partial charge in [0.2, 0.25) is 5.91 Å². The zero-order chi connectivity index (χ0) is 17.8. The van der Waals surface area contributed by atoms with Gasteiger partial charge >= 0.3 is 0 Å². The quantitative estimate of drug-likeness (QED) is 0.671. The van der Waals surface area contributed by atoms with Crippen LogP contribution in [0, 0.1) is 6.92 Å². The lowest BCUT2D eigenvalue weighted by Gasteiger charge is -2.16. The Morgan fingerprint density at radius 1 is 1.16 bits per heavy atom. The Balaban J connectivity index is 1.74. The van der Waals surface area contributed by atoms with Crippen LogP contribution in [0.2, 0.25) is 0 Å². The number of carbonyl (C=O) groups is 1. The van der Waals surface area contributed by atoms with E-state index in [0.717, 1.165) is 32.6 Å². The van der Waals surface area contributed by atoms with Crippen LogP contribution in [-0.4, -0.2) is 21.9 Å². The first-order valence-electron chi connectivity index (χ1n) is 8.29. The number of carbonyl (C=O) groups excluding carboxylic acids is 1. The second kappa shape index (κ2) is 7.66. The maximum atomic E-state index is 12.5. The van der Waals surface area contributed by atoms with Gasteiger partial charge in [0, 0.05) is 16.5 Å². The molecule has 5 heteroatoms. The van der Waals surface area contributed by atoms with Crippen LogP contribution < -0.4 is 5.32 Å². The van der Waals surface area contributed by atoms with Crippen molar-refractivity contribution in [1.82, 2.24) is 10.2 Å². The first kappa shape index (κ1) is 17.4. The Morgan fingerprint density at radius 2 is 1.96 bits per heavy atom. The van der Waals surface area contributed by atoms with E-state index in [9.17, 15) is 4.79 Å². The molecule has 1 aromatic heterocycles. The molecule has 0 aliphatic carbocycles. The highest BCUT2D eigenvalue weighted by Crippen LogP contribution is 2.28. The monoisotopic (exact) mass is 351 g/mol. The van der Waals surface area contributed by atoms with Crippen molar-refractivity contribution in [2.45, 2.75) is 31.7 Å². The molecule has 2 aromatic carbocycles. The number of aryl methyl sites for hydroxylation is 1. The fourth-order valence-corrected chi connectivity index (χ4v) is 3.55. The van der Waals surface area contributed by atoms with E-state index in [1.165, 1.54) is 11.8 Å². The van der Waals surface area contributed by atoms with E-state index in [2.05, 4.69) is 35.4 Å². The highest BCUT2D eigenvalue weighted by Gasteiger charge is 2.13. The molecular formula is C20H21N3OS. The number of hydrogen-bond acceptors (Lipinski definition) is 4. The predicted molar refractivity (Wildman–Crippen MR) is 104 cm³/mol. The third-order valence-electron chi connectivity index (χ3n) is 4.07. The summed E-state index contributed by atoms with van der Waals surface area (Å²) in [6.45, 7) is 6.28. The summed E-state index contributed by atoms with van der Waals surface area (Å²) in [6, 6.07) is 14.0. The van der Waals surface area contributed by atoms with Crippen molar-refractivity contribution in [3.63, 3.8) is 0 Å². The van der Waals surface area contributed by atoms with Crippen LogP contribution in [0.1, 0.15) is 30.9 Å². The van der Waals surface area contributed by atoms with Crippen LogP contribution in [-0.2, 0) is 4.79 Å². The summed E-state index contributed by atoms with van der Waals surface area (Å²) in [7, 11) is 0. The summed E-state index contributed by atoms with van der Waals surface area (Å²) in [5.74, 6) is 0.622. The topological polar surface area (TPSA) is 54.9 Å². The van der Waals surface area contributed by atoms with Gasteiger partial charge in [-0.25, -0.2) is 0 Å². The van der Waals surface area contributed by atoms with Gasteiger partial charge in [0.1, 0.15) is 5.03 Å². The Hall–Kier alpha value is -2.40. The number of para-hydroxylation sites is 1. The van der Waals surface area contributed by atoms with Crippen molar-refractivity contribution in [1.29, 1.82) is 0 Å². The van der Waals surface area contributed by atoms with Gasteiger partial charge in [-0.2, -0.15) is 5.10 Å². The Kier molecular flexibility index (Phi) is 5.34. The molecule has 0 radical (unpaired) electrons. The van der Waals surface area contributed by atoms with Crippen LogP contribution in [0.25, 0.3) is 10.8 Å². The highest BCUT2D eigenvalue weighted by atomic mass is 32.2. The molecule has 0 fully saturated rings. The van der Waals surface area contributed by atoms with Gasteiger partial charge in [-0.05, 0) is 24.0 Å². The van der Waals surface area contributed by atoms with Gasteiger partial charge in [0.25, 0.3) is 0 Å². The number of nitrogens with zero attached hydrogens (tertiary/aromatic N) is 2. The van der Waals surface area contributed by atoms with E-state index in [1.54, 1.807) is 6.20 Å². The summed E-state index contributed by atoms with van der Waals surface area (Å²) < 4.78 is 0. The summed E-state index contributed by atoms with van der Waals surface area (Å²) in [4.78, 5) is 12.5. The molecule has 0 spiro atoms. The maximum absolute atomic E-state index is 12.5. The molecule has 4 nitrogen and oxygen atoms in total. The van der Waals surface area contributed by atoms with Gasteiger partial charge in [0.05, 0.1) is 11.9 Å². The third kappa shape index (κ3) is 3.99. The summed E-state index contributed by atoms with van der Waals surface area (Å²) >= 11 is 1.41. The van der Waals surface area contributed by atoms with Crippen LogP contribution >= 0.6 is 11.8 Å². The van der Waals surface area contributed by atoms with Crippen LogP contribution in [0.5, 0.6) is 0 Å². The maximum Gasteiger partial charge on any atom is 0.234 e. The number of fused-ring (bicyclic) bond motifs is 1. The van der Waals surface area contributed by atoms with E-state index in [0.29, 0.717) is 11.7 Å². The normalized spacial score (nSPS) is 11.0. The Morgan fingerprint density at radius 3 is 2.76 bits per heavy atom. The lowest BCUT2D eigenvalue weighted by atomic mass is 9.98. The largest absolute Gasteiger partial charge is 0.325 e. The van der Waals surface area contributed by atoms with E-state index in [1.807, 2.05) is 43.3 Å². The number of anilines is 1. The molecule has 1 amide bonds. The van der Waals surface area contributed by atoms with E-state index in [-0.39, 0.29) is 5.91 Å². The van der Waals surface area contributed by atoms with E-state index < -0.39 is 0 Å². The van der Waals surface area contributed by atoms with Crippen molar-refractivity contribution >= 4 is 34.1 Å². The zero-order valence-electron chi connectivity index (χ0n) is 14.6. The predicted octanol–water partition coefficient (Wildman–Crippen LogP) is 4.79. The minimum atomic E-state index is -0.0315. The number of amides is 1. The average molecular weight is 351 g/mol. The second-order valence-electron chi connectivity index (χ2n) is 6.27. The molecule has 3 aromatic rings. The molecule has 1 N–H and O–H groups in total. The van der Waals surface area contributed by atoms with Crippen molar-refractivity contribution in [2.24, 2.45) is 0 Å². The van der Waals surface area contributed by atoms with Crippen LogP contribution in [0.4, 0.5) is 5.69 Å². The first-order chi connectivity index (χ1) is 12.1.